The van der Waals surface area contributed by atoms with Gasteiger partial charge in [0.05, 0.1) is 22.5 Å². The number of aryl methyl sites for hydroxylation is 1. The first-order valence-electron chi connectivity index (χ1n) is 7.48. The van der Waals surface area contributed by atoms with E-state index in [1.54, 1.807) is 30.5 Å². The van der Waals surface area contributed by atoms with Gasteiger partial charge in [0.15, 0.2) is 0 Å². The molecular weight excluding hydrogens is 322 g/mol. The number of hydrogen-bond donors (Lipinski definition) is 1. The van der Waals surface area contributed by atoms with E-state index in [4.69, 9.17) is 11.6 Å². The number of hydrogen-bond acceptors (Lipinski definition) is 2. The monoisotopic (exact) mass is 337 g/mol. The summed E-state index contributed by atoms with van der Waals surface area (Å²) in [6, 6.07) is 20.8. The molecule has 4 nitrogen and oxygen atoms in total. The zero-order valence-corrected chi connectivity index (χ0v) is 13.9. The van der Waals surface area contributed by atoms with Crippen molar-refractivity contribution in [3.63, 3.8) is 0 Å². The molecule has 1 N–H and O–H groups in total. The van der Waals surface area contributed by atoms with E-state index in [9.17, 15) is 4.79 Å². The molecule has 0 radical (unpaired) electrons. The van der Waals surface area contributed by atoms with Crippen LogP contribution in [0.4, 0.5) is 0 Å². The smallest absolute Gasteiger partial charge is 0.272 e. The van der Waals surface area contributed by atoms with Crippen molar-refractivity contribution in [2.45, 2.75) is 6.92 Å². The van der Waals surface area contributed by atoms with Crippen LogP contribution in [-0.4, -0.2) is 16.7 Å². The summed E-state index contributed by atoms with van der Waals surface area (Å²) in [5.41, 5.74) is 5.90. The molecule has 0 saturated carbocycles. The summed E-state index contributed by atoms with van der Waals surface area (Å²) >= 11 is 6.01. The average molecular weight is 338 g/mol. The summed E-state index contributed by atoms with van der Waals surface area (Å²) in [5.74, 6) is -0.341. The number of para-hydroxylation sites is 1. The topological polar surface area (TPSA) is 46.4 Å². The van der Waals surface area contributed by atoms with Crippen molar-refractivity contribution < 1.29 is 4.79 Å². The quantitative estimate of drug-likeness (QED) is 0.562. The van der Waals surface area contributed by atoms with Gasteiger partial charge in [0.25, 0.3) is 5.91 Å². The third-order valence-corrected chi connectivity index (χ3v) is 3.93. The van der Waals surface area contributed by atoms with Crippen molar-refractivity contribution in [3.05, 3.63) is 88.7 Å². The first-order valence-corrected chi connectivity index (χ1v) is 7.86. The minimum absolute atomic E-state index is 0.341. The Morgan fingerprint density at radius 3 is 2.50 bits per heavy atom. The fraction of sp³-hybridized carbons (Fsp3) is 0.0526. The Labute approximate surface area is 145 Å². The van der Waals surface area contributed by atoms with E-state index in [2.05, 4.69) is 15.1 Å². The Bertz CT molecular complexity index is 885. The molecule has 0 bridgehead atoms. The Kier molecular flexibility index (Phi) is 4.77. The minimum Gasteiger partial charge on any atom is -0.313 e. The number of hydrazone groups is 1. The highest BCUT2D eigenvalue weighted by molar-refractivity contribution is 6.33. The second-order valence-corrected chi connectivity index (χ2v) is 5.66. The second kappa shape index (κ2) is 7.15. The lowest BCUT2D eigenvalue weighted by Crippen LogP contribution is -2.18. The highest BCUT2D eigenvalue weighted by Gasteiger charge is 2.08. The van der Waals surface area contributed by atoms with E-state index in [0.29, 0.717) is 10.6 Å². The summed E-state index contributed by atoms with van der Waals surface area (Å²) < 4.78 is 2.06. The molecule has 0 atom stereocenters. The van der Waals surface area contributed by atoms with E-state index >= 15 is 0 Å². The van der Waals surface area contributed by atoms with Crippen molar-refractivity contribution in [2.24, 2.45) is 5.10 Å². The number of halogens is 1. The minimum atomic E-state index is -0.341. The lowest BCUT2D eigenvalue weighted by molar-refractivity contribution is 0.0955. The van der Waals surface area contributed by atoms with Crippen LogP contribution >= 0.6 is 11.6 Å². The zero-order valence-electron chi connectivity index (χ0n) is 13.1. The molecule has 0 saturated heterocycles. The Balaban J connectivity index is 1.79. The number of nitrogens with zero attached hydrogens (tertiary/aromatic N) is 2. The summed E-state index contributed by atoms with van der Waals surface area (Å²) in [6.45, 7) is 2.02. The normalized spacial score (nSPS) is 10.9. The van der Waals surface area contributed by atoms with Gasteiger partial charge in [0, 0.05) is 11.4 Å². The molecule has 3 aromatic rings. The molecule has 0 aliphatic heterocycles. The van der Waals surface area contributed by atoms with Gasteiger partial charge in [-0.2, -0.15) is 5.10 Å². The van der Waals surface area contributed by atoms with Crippen LogP contribution in [0.3, 0.4) is 0 Å². The number of amides is 1. The van der Waals surface area contributed by atoms with Crippen LogP contribution in [0.2, 0.25) is 5.02 Å². The third kappa shape index (κ3) is 3.39. The summed E-state index contributed by atoms with van der Waals surface area (Å²) in [6.07, 6.45) is 1.62. The molecular formula is C19H16ClN3O. The van der Waals surface area contributed by atoms with Crippen LogP contribution in [-0.2, 0) is 0 Å². The number of rotatable bonds is 4. The van der Waals surface area contributed by atoms with Crippen LogP contribution in [0, 0.1) is 6.92 Å². The predicted octanol–water partition coefficient (Wildman–Crippen LogP) is 4.20. The first-order chi connectivity index (χ1) is 11.7. The molecule has 2 aromatic carbocycles. The Morgan fingerprint density at radius 1 is 1.04 bits per heavy atom. The summed E-state index contributed by atoms with van der Waals surface area (Å²) in [7, 11) is 0. The maximum Gasteiger partial charge on any atom is 0.272 e. The first kappa shape index (κ1) is 16.0. The van der Waals surface area contributed by atoms with E-state index in [0.717, 1.165) is 17.1 Å². The average Bonchev–Trinajstić information content (AvgIpc) is 2.96. The molecule has 0 aliphatic carbocycles. The number of nitrogens with one attached hydrogen (secondary N) is 1. The second-order valence-electron chi connectivity index (χ2n) is 5.25. The maximum absolute atomic E-state index is 12.1. The SMILES string of the molecule is Cc1ccc(/C=N/NC(=O)c2ccccc2Cl)n1-c1ccccc1. The molecule has 0 spiro atoms. The van der Waals surface area contributed by atoms with Gasteiger partial charge in [-0.15, -0.1) is 0 Å². The zero-order chi connectivity index (χ0) is 16.9. The fourth-order valence-corrected chi connectivity index (χ4v) is 2.67. The molecule has 1 heterocycles. The summed E-state index contributed by atoms with van der Waals surface area (Å²) in [4.78, 5) is 12.1. The van der Waals surface area contributed by atoms with E-state index in [-0.39, 0.29) is 5.91 Å². The van der Waals surface area contributed by atoms with Crippen LogP contribution < -0.4 is 5.43 Å². The van der Waals surface area contributed by atoms with Gasteiger partial charge in [0.1, 0.15) is 0 Å². The number of benzene rings is 2. The number of carbonyl (C=O) groups is 1. The highest BCUT2D eigenvalue weighted by Crippen LogP contribution is 2.16. The van der Waals surface area contributed by atoms with Crippen LogP contribution in [0.1, 0.15) is 21.7 Å². The van der Waals surface area contributed by atoms with Crippen molar-refractivity contribution in [1.82, 2.24) is 9.99 Å². The Morgan fingerprint density at radius 2 is 1.75 bits per heavy atom. The molecule has 0 aliphatic rings. The molecule has 1 amide bonds. The van der Waals surface area contributed by atoms with Gasteiger partial charge in [0.2, 0.25) is 0 Å². The van der Waals surface area contributed by atoms with E-state index in [1.807, 2.05) is 49.4 Å². The molecule has 0 unspecified atom stereocenters. The molecule has 120 valence electrons. The van der Waals surface area contributed by atoms with Crippen molar-refractivity contribution in [1.29, 1.82) is 0 Å². The molecule has 3 rings (SSSR count). The maximum atomic E-state index is 12.1. The number of aromatic nitrogens is 1. The standard InChI is InChI=1S/C19H16ClN3O/c1-14-11-12-16(23(14)15-7-3-2-4-8-15)13-21-22-19(24)17-9-5-6-10-18(17)20/h2-13H,1H3,(H,22,24)/b21-13+. The van der Waals surface area contributed by atoms with Gasteiger partial charge in [-0.05, 0) is 43.3 Å². The molecule has 5 heteroatoms. The summed E-state index contributed by atoms with van der Waals surface area (Å²) in [5, 5.41) is 4.45. The van der Waals surface area contributed by atoms with Crippen LogP contribution in [0.5, 0.6) is 0 Å². The van der Waals surface area contributed by atoms with Crippen molar-refractivity contribution in [2.75, 3.05) is 0 Å². The highest BCUT2D eigenvalue weighted by atomic mass is 35.5. The molecule has 0 fully saturated rings. The van der Waals surface area contributed by atoms with Gasteiger partial charge in [-0.1, -0.05) is 41.9 Å². The lowest BCUT2D eigenvalue weighted by atomic mass is 10.2. The largest absolute Gasteiger partial charge is 0.313 e. The van der Waals surface area contributed by atoms with E-state index < -0.39 is 0 Å². The Hall–Kier alpha value is -2.85. The fourth-order valence-electron chi connectivity index (χ4n) is 2.45. The van der Waals surface area contributed by atoms with Crippen LogP contribution in [0.25, 0.3) is 5.69 Å². The predicted molar refractivity (Wildman–Crippen MR) is 97.0 cm³/mol. The third-order valence-electron chi connectivity index (χ3n) is 3.60. The lowest BCUT2D eigenvalue weighted by Gasteiger charge is -2.09. The number of carbonyl (C=O) groups excluding carboxylic acids is 1. The molecule has 24 heavy (non-hydrogen) atoms. The van der Waals surface area contributed by atoms with Crippen molar-refractivity contribution in [3.8, 4) is 5.69 Å². The van der Waals surface area contributed by atoms with Crippen molar-refractivity contribution >= 4 is 23.7 Å². The molecule has 1 aromatic heterocycles. The van der Waals surface area contributed by atoms with Gasteiger partial charge in [-0.25, -0.2) is 5.43 Å². The van der Waals surface area contributed by atoms with Crippen LogP contribution in [0.15, 0.2) is 71.8 Å². The van der Waals surface area contributed by atoms with Gasteiger partial charge < -0.3 is 4.57 Å². The van der Waals surface area contributed by atoms with Gasteiger partial charge >= 0.3 is 0 Å². The van der Waals surface area contributed by atoms with E-state index in [1.165, 1.54) is 0 Å². The van der Waals surface area contributed by atoms with Gasteiger partial charge in [-0.3, -0.25) is 4.79 Å².